The number of aliphatic imine (C=N–C) groups is 2. The van der Waals surface area contributed by atoms with Crippen LogP contribution in [-0.4, -0.2) is 19.0 Å². The van der Waals surface area contributed by atoms with Crippen LogP contribution in [0, 0.1) is 0 Å². The average Bonchev–Trinajstić information content (AvgIpc) is 2.26. The first-order chi connectivity index (χ1) is 8.74. The quantitative estimate of drug-likeness (QED) is 0.550. The molecule has 9 heteroatoms. The van der Waals surface area contributed by atoms with E-state index in [-0.39, 0.29) is 23.4 Å². The lowest BCUT2D eigenvalue weighted by molar-refractivity contribution is -0.137. The third-order valence-corrected chi connectivity index (χ3v) is 1.98. The van der Waals surface area contributed by atoms with Crippen molar-refractivity contribution < 1.29 is 17.9 Å². The maximum Gasteiger partial charge on any atom is 0.416 e. The van der Waals surface area contributed by atoms with Crippen LogP contribution in [0.3, 0.4) is 0 Å². The van der Waals surface area contributed by atoms with Crippen molar-refractivity contribution in [3.05, 3.63) is 23.8 Å². The lowest BCUT2D eigenvalue weighted by atomic mass is 10.2. The minimum absolute atomic E-state index is 0.113. The summed E-state index contributed by atoms with van der Waals surface area (Å²) >= 11 is 0. The molecule has 6 nitrogen and oxygen atoms in total. The number of nitrogens with zero attached hydrogens (tertiary/aromatic N) is 2. The zero-order valence-corrected chi connectivity index (χ0v) is 9.90. The van der Waals surface area contributed by atoms with Crippen molar-refractivity contribution in [2.45, 2.75) is 6.18 Å². The topological polar surface area (TPSA) is 112 Å². The van der Waals surface area contributed by atoms with Crippen LogP contribution in [0.4, 0.5) is 18.9 Å². The summed E-state index contributed by atoms with van der Waals surface area (Å²) in [6, 6.07) is 2.78. The van der Waals surface area contributed by atoms with E-state index in [1.807, 2.05) is 0 Å². The minimum atomic E-state index is -4.50. The molecule has 1 aromatic carbocycles. The number of guanidine groups is 2. The molecular formula is C10H12F3N5O. The van der Waals surface area contributed by atoms with Gasteiger partial charge in [0, 0.05) is 0 Å². The van der Waals surface area contributed by atoms with E-state index in [2.05, 4.69) is 9.98 Å². The third-order valence-electron chi connectivity index (χ3n) is 1.98. The van der Waals surface area contributed by atoms with Gasteiger partial charge < -0.3 is 21.9 Å². The van der Waals surface area contributed by atoms with E-state index in [0.29, 0.717) is 0 Å². The molecule has 0 bridgehead atoms. The number of hydrogen-bond donors (Lipinski definition) is 3. The third kappa shape index (κ3) is 4.05. The van der Waals surface area contributed by atoms with E-state index in [1.165, 1.54) is 7.11 Å². The highest BCUT2D eigenvalue weighted by Crippen LogP contribution is 2.36. The Balaban J connectivity index is 3.28. The SMILES string of the molecule is COc1ccc(C(F)(F)F)cc1N=C(N)N=C(N)N. The van der Waals surface area contributed by atoms with E-state index in [0.717, 1.165) is 18.2 Å². The molecule has 0 saturated heterocycles. The zero-order chi connectivity index (χ0) is 14.6. The summed E-state index contributed by atoms with van der Waals surface area (Å²) < 4.78 is 42.6. The molecule has 0 saturated carbocycles. The second kappa shape index (κ2) is 5.46. The first kappa shape index (κ1) is 14.6. The van der Waals surface area contributed by atoms with Crippen molar-refractivity contribution in [3.63, 3.8) is 0 Å². The smallest absolute Gasteiger partial charge is 0.416 e. The van der Waals surface area contributed by atoms with Gasteiger partial charge in [-0.05, 0) is 18.2 Å². The van der Waals surface area contributed by atoms with Crippen molar-refractivity contribution in [1.29, 1.82) is 0 Å². The normalized spacial score (nSPS) is 12.1. The molecule has 19 heavy (non-hydrogen) atoms. The first-order valence-electron chi connectivity index (χ1n) is 4.93. The van der Waals surface area contributed by atoms with E-state index < -0.39 is 11.7 Å². The van der Waals surface area contributed by atoms with Crippen LogP contribution >= 0.6 is 0 Å². The molecule has 104 valence electrons. The molecule has 0 unspecified atom stereocenters. The molecule has 0 aliphatic rings. The van der Waals surface area contributed by atoms with Crippen LogP contribution < -0.4 is 21.9 Å². The highest BCUT2D eigenvalue weighted by atomic mass is 19.4. The molecule has 0 radical (unpaired) electrons. The molecule has 0 fully saturated rings. The van der Waals surface area contributed by atoms with Gasteiger partial charge in [0.05, 0.1) is 12.7 Å². The number of nitrogens with two attached hydrogens (primary N) is 3. The zero-order valence-electron chi connectivity index (χ0n) is 9.90. The van der Waals surface area contributed by atoms with Gasteiger partial charge >= 0.3 is 6.18 Å². The van der Waals surface area contributed by atoms with Gasteiger partial charge in [0.1, 0.15) is 11.4 Å². The highest BCUT2D eigenvalue weighted by Gasteiger charge is 2.31. The van der Waals surface area contributed by atoms with E-state index >= 15 is 0 Å². The summed E-state index contributed by atoms with van der Waals surface area (Å²) in [5.74, 6) is -0.619. The number of alkyl halides is 3. The molecule has 0 aliphatic heterocycles. The Kier molecular flexibility index (Phi) is 4.20. The lowest BCUT2D eigenvalue weighted by Crippen LogP contribution is -2.26. The van der Waals surface area contributed by atoms with Gasteiger partial charge in [0.25, 0.3) is 0 Å². The van der Waals surface area contributed by atoms with Crippen LogP contribution in [0.15, 0.2) is 28.2 Å². The number of halogens is 3. The van der Waals surface area contributed by atoms with Crippen molar-refractivity contribution in [3.8, 4) is 5.75 Å². The minimum Gasteiger partial charge on any atom is -0.494 e. The Hall–Kier alpha value is -2.45. The number of benzene rings is 1. The molecular weight excluding hydrogens is 263 g/mol. The van der Waals surface area contributed by atoms with Gasteiger partial charge in [0.2, 0.25) is 5.96 Å². The van der Waals surface area contributed by atoms with E-state index in [4.69, 9.17) is 21.9 Å². The summed E-state index contributed by atoms with van der Waals surface area (Å²) in [5.41, 5.74) is 14.5. The van der Waals surface area contributed by atoms with Crippen LogP contribution in [0.5, 0.6) is 5.75 Å². The number of ether oxygens (including phenoxy) is 1. The van der Waals surface area contributed by atoms with Gasteiger partial charge in [0.15, 0.2) is 5.96 Å². The molecule has 1 aromatic rings. The Bertz CT molecular complexity index is 520. The fourth-order valence-corrected chi connectivity index (χ4v) is 1.23. The first-order valence-corrected chi connectivity index (χ1v) is 4.93. The van der Waals surface area contributed by atoms with Gasteiger partial charge in [-0.25, -0.2) is 4.99 Å². The Morgan fingerprint density at radius 1 is 1.21 bits per heavy atom. The Morgan fingerprint density at radius 3 is 2.32 bits per heavy atom. The summed E-state index contributed by atoms with van der Waals surface area (Å²) in [7, 11) is 1.29. The molecule has 0 amide bonds. The van der Waals surface area contributed by atoms with Crippen LogP contribution in [0.2, 0.25) is 0 Å². The van der Waals surface area contributed by atoms with Crippen LogP contribution in [0.25, 0.3) is 0 Å². The van der Waals surface area contributed by atoms with Crippen molar-refractivity contribution in [2.24, 2.45) is 27.2 Å². The van der Waals surface area contributed by atoms with Gasteiger partial charge in [-0.3, -0.25) is 0 Å². The molecule has 6 N–H and O–H groups in total. The molecule has 0 atom stereocenters. The fraction of sp³-hybridized carbons (Fsp3) is 0.200. The molecule has 0 aromatic heterocycles. The number of methoxy groups -OCH3 is 1. The maximum absolute atomic E-state index is 12.6. The van der Waals surface area contributed by atoms with Crippen molar-refractivity contribution in [2.75, 3.05) is 7.11 Å². The summed E-state index contributed by atoms with van der Waals surface area (Å²) in [6.45, 7) is 0. The largest absolute Gasteiger partial charge is 0.494 e. The van der Waals surface area contributed by atoms with Crippen LogP contribution in [0.1, 0.15) is 5.56 Å². The lowest BCUT2D eigenvalue weighted by Gasteiger charge is -2.10. The molecule has 0 spiro atoms. The predicted octanol–water partition coefficient (Wildman–Crippen LogP) is 0.934. The molecule has 0 heterocycles. The second-order valence-electron chi connectivity index (χ2n) is 3.39. The Morgan fingerprint density at radius 2 is 1.84 bits per heavy atom. The van der Waals surface area contributed by atoms with Gasteiger partial charge in [-0.1, -0.05) is 0 Å². The van der Waals surface area contributed by atoms with Crippen LogP contribution in [-0.2, 0) is 6.18 Å². The second-order valence-corrected chi connectivity index (χ2v) is 3.39. The number of rotatable bonds is 2. The fourth-order valence-electron chi connectivity index (χ4n) is 1.23. The highest BCUT2D eigenvalue weighted by molar-refractivity contribution is 5.93. The maximum atomic E-state index is 12.6. The van der Waals surface area contributed by atoms with Gasteiger partial charge in [-0.2, -0.15) is 18.2 Å². The number of hydrogen-bond acceptors (Lipinski definition) is 2. The van der Waals surface area contributed by atoms with E-state index in [1.54, 1.807) is 0 Å². The summed E-state index contributed by atoms with van der Waals surface area (Å²) in [6.07, 6.45) is -4.50. The predicted molar refractivity (Wildman–Crippen MR) is 65.1 cm³/mol. The summed E-state index contributed by atoms with van der Waals surface area (Å²) in [4.78, 5) is 7.07. The standard InChI is InChI=1S/C10H12F3N5O/c1-19-7-3-2-5(10(11,12)13)4-6(7)17-9(16)18-8(14)15/h2-4H,1H3,(H6,14,15,16,17,18). The monoisotopic (exact) mass is 275 g/mol. The van der Waals surface area contributed by atoms with E-state index in [9.17, 15) is 13.2 Å². The average molecular weight is 275 g/mol. The molecule has 1 rings (SSSR count). The summed E-state index contributed by atoms with van der Waals surface area (Å²) in [5, 5.41) is 0. The van der Waals surface area contributed by atoms with Crippen molar-refractivity contribution >= 4 is 17.6 Å². The van der Waals surface area contributed by atoms with Gasteiger partial charge in [-0.15, -0.1) is 0 Å². The molecule has 0 aliphatic carbocycles. The Labute approximate surface area is 106 Å². The van der Waals surface area contributed by atoms with Crippen molar-refractivity contribution in [1.82, 2.24) is 0 Å².